The summed E-state index contributed by atoms with van der Waals surface area (Å²) in [5.74, 6) is 6.35. The quantitative estimate of drug-likeness (QED) is 0.564. The lowest BCUT2D eigenvalue weighted by Gasteiger charge is -2.44. The molecule has 0 nitrogen and oxygen atoms in total. The van der Waals surface area contributed by atoms with Gasteiger partial charge in [-0.05, 0) is 91.6 Å². The Morgan fingerprint density at radius 3 is 2.72 bits per heavy atom. The van der Waals surface area contributed by atoms with Gasteiger partial charge in [0.05, 0.1) is 0 Å². The predicted octanol–water partition coefficient (Wildman–Crippen LogP) is 6.89. The molecule has 0 saturated heterocycles. The van der Waals surface area contributed by atoms with Crippen LogP contribution in [0.1, 0.15) is 75.8 Å². The van der Waals surface area contributed by atoms with E-state index in [-0.39, 0.29) is 0 Å². The van der Waals surface area contributed by atoms with E-state index in [1.807, 2.05) is 0 Å². The molecule has 0 spiro atoms. The molecule has 0 aliphatic heterocycles. The summed E-state index contributed by atoms with van der Waals surface area (Å²) in [5, 5.41) is 0. The third-order valence-electron chi connectivity index (χ3n) is 8.49. The van der Waals surface area contributed by atoms with Gasteiger partial charge in [0.2, 0.25) is 0 Å². The Morgan fingerprint density at radius 1 is 0.920 bits per heavy atom. The Hall–Kier alpha value is -1.04. The second kappa shape index (κ2) is 6.60. The van der Waals surface area contributed by atoms with Gasteiger partial charge < -0.3 is 0 Å². The van der Waals surface area contributed by atoms with Gasteiger partial charge in [-0.25, -0.2) is 0 Å². The molecule has 0 heterocycles. The molecular formula is C25H34. The summed E-state index contributed by atoms with van der Waals surface area (Å²) < 4.78 is 0. The van der Waals surface area contributed by atoms with Crippen LogP contribution in [0.4, 0.5) is 0 Å². The van der Waals surface area contributed by atoms with E-state index in [1.165, 1.54) is 37.7 Å². The molecule has 0 bridgehead atoms. The molecule has 25 heavy (non-hydrogen) atoms. The molecule has 3 fully saturated rings. The van der Waals surface area contributed by atoms with Crippen molar-refractivity contribution < 1.29 is 0 Å². The van der Waals surface area contributed by atoms with Crippen molar-refractivity contribution in [3.63, 3.8) is 0 Å². The lowest BCUT2D eigenvalue weighted by atomic mass is 9.61. The molecule has 0 amide bonds. The van der Waals surface area contributed by atoms with E-state index in [0.717, 1.165) is 35.5 Å². The van der Waals surface area contributed by atoms with Crippen molar-refractivity contribution in [3.8, 4) is 0 Å². The van der Waals surface area contributed by atoms with E-state index >= 15 is 0 Å². The Labute approximate surface area is 154 Å². The average molecular weight is 335 g/mol. The van der Waals surface area contributed by atoms with Crippen LogP contribution in [0, 0.1) is 35.5 Å². The highest BCUT2D eigenvalue weighted by Crippen LogP contribution is 2.57. The first-order valence-electron chi connectivity index (χ1n) is 11.1. The van der Waals surface area contributed by atoms with Gasteiger partial charge in [0.1, 0.15) is 0 Å². The molecule has 4 aliphatic rings. The van der Waals surface area contributed by atoms with E-state index < -0.39 is 0 Å². The van der Waals surface area contributed by atoms with Gasteiger partial charge in [-0.1, -0.05) is 62.1 Å². The molecule has 0 N–H and O–H groups in total. The zero-order valence-electron chi connectivity index (χ0n) is 15.9. The summed E-state index contributed by atoms with van der Waals surface area (Å²) in [6.07, 6.45) is 17.3. The summed E-state index contributed by atoms with van der Waals surface area (Å²) in [6, 6.07) is 8.99. The van der Waals surface area contributed by atoms with Crippen LogP contribution < -0.4 is 0 Å². The molecule has 0 aromatic heterocycles. The number of allylic oxidation sites excluding steroid dienone is 1. The maximum atomic E-state index is 2.58. The third kappa shape index (κ3) is 2.90. The number of fused-ring (bicyclic) bond motifs is 4. The molecule has 3 saturated carbocycles. The SMILES string of the molecule is CC1CC2C3CCCCC3CCC2C1CCC1=Cc2ccccc2C1. The number of hydrogen-bond donors (Lipinski definition) is 0. The predicted molar refractivity (Wildman–Crippen MR) is 106 cm³/mol. The van der Waals surface area contributed by atoms with Gasteiger partial charge in [-0.15, -0.1) is 0 Å². The fourth-order valence-electron chi connectivity index (χ4n) is 7.37. The number of benzene rings is 1. The monoisotopic (exact) mass is 334 g/mol. The molecule has 4 aliphatic carbocycles. The molecule has 0 radical (unpaired) electrons. The third-order valence-corrected chi connectivity index (χ3v) is 8.49. The minimum absolute atomic E-state index is 0.972. The normalized spacial score (nSPS) is 39.5. The van der Waals surface area contributed by atoms with Crippen LogP contribution >= 0.6 is 0 Å². The molecule has 6 unspecified atom stereocenters. The molecule has 1 aromatic rings. The van der Waals surface area contributed by atoms with Gasteiger partial charge in [0.25, 0.3) is 0 Å². The maximum Gasteiger partial charge on any atom is -0.00578 e. The van der Waals surface area contributed by atoms with Crippen molar-refractivity contribution in [3.05, 3.63) is 41.0 Å². The smallest absolute Gasteiger partial charge is 0.00578 e. The second-order valence-electron chi connectivity index (χ2n) is 9.71. The second-order valence-corrected chi connectivity index (χ2v) is 9.71. The lowest BCUT2D eigenvalue weighted by molar-refractivity contribution is 0.0574. The maximum absolute atomic E-state index is 2.58. The standard InChI is InChI=1S/C25H34/c1-17-14-25-23-9-5-4-6-19(23)11-13-24(25)22(17)12-10-18-15-20-7-2-3-8-21(20)16-18/h2-3,7-8,15,17,19,22-25H,4-6,9-14,16H2,1H3. The Balaban J connectivity index is 1.25. The molecular weight excluding hydrogens is 300 g/mol. The van der Waals surface area contributed by atoms with E-state index in [0.29, 0.717) is 0 Å². The van der Waals surface area contributed by atoms with E-state index in [9.17, 15) is 0 Å². The van der Waals surface area contributed by atoms with Gasteiger partial charge in [0.15, 0.2) is 0 Å². The van der Waals surface area contributed by atoms with Crippen LogP contribution in [0.3, 0.4) is 0 Å². The average Bonchev–Trinajstić information content (AvgIpc) is 3.20. The molecule has 5 rings (SSSR count). The van der Waals surface area contributed by atoms with Gasteiger partial charge in [-0.3, -0.25) is 0 Å². The largest absolute Gasteiger partial charge is 0.0652 e. The van der Waals surface area contributed by atoms with Crippen molar-refractivity contribution in [1.29, 1.82) is 0 Å². The topological polar surface area (TPSA) is 0 Å². The number of rotatable bonds is 3. The fourth-order valence-corrected chi connectivity index (χ4v) is 7.37. The highest BCUT2D eigenvalue weighted by atomic mass is 14.5. The van der Waals surface area contributed by atoms with E-state index in [1.54, 1.807) is 43.2 Å². The summed E-state index contributed by atoms with van der Waals surface area (Å²) in [5.41, 5.74) is 4.73. The highest BCUT2D eigenvalue weighted by molar-refractivity contribution is 5.63. The lowest BCUT2D eigenvalue weighted by Crippen LogP contribution is -2.35. The molecule has 1 aromatic carbocycles. The Bertz CT molecular complexity index is 654. The highest BCUT2D eigenvalue weighted by Gasteiger charge is 2.48. The van der Waals surface area contributed by atoms with Gasteiger partial charge >= 0.3 is 0 Å². The molecule has 0 heteroatoms. The summed E-state index contributed by atoms with van der Waals surface area (Å²) >= 11 is 0. The van der Waals surface area contributed by atoms with Crippen LogP contribution in [-0.4, -0.2) is 0 Å². The fraction of sp³-hybridized carbons (Fsp3) is 0.680. The minimum atomic E-state index is 0.972. The van der Waals surface area contributed by atoms with Crippen molar-refractivity contribution in [1.82, 2.24) is 0 Å². The van der Waals surface area contributed by atoms with Crippen molar-refractivity contribution in [2.24, 2.45) is 35.5 Å². The first kappa shape index (κ1) is 16.2. The molecule has 134 valence electrons. The van der Waals surface area contributed by atoms with Gasteiger partial charge in [-0.2, -0.15) is 0 Å². The first-order valence-corrected chi connectivity index (χ1v) is 11.1. The Morgan fingerprint density at radius 2 is 1.80 bits per heavy atom. The summed E-state index contributed by atoms with van der Waals surface area (Å²) in [4.78, 5) is 0. The summed E-state index contributed by atoms with van der Waals surface area (Å²) in [6.45, 7) is 2.58. The zero-order chi connectivity index (χ0) is 16.8. The van der Waals surface area contributed by atoms with Crippen LogP contribution in [0.25, 0.3) is 6.08 Å². The Kier molecular flexibility index (Phi) is 4.27. The van der Waals surface area contributed by atoms with Crippen LogP contribution in [-0.2, 0) is 6.42 Å². The van der Waals surface area contributed by atoms with Crippen molar-refractivity contribution in [2.45, 2.75) is 71.1 Å². The van der Waals surface area contributed by atoms with Crippen molar-refractivity contribution in [2.75, 3.05) is 0 Å². The van der Waals surface area contributed by atoms with Gasteiger partial charge in [0, 0.05) is 0 Å². The van der Waals surface area contributed by atoms with E-state index in [4.69, 9.17) is 0 Å². The first-order chi connectivity index (χ1) is 12.3. The summed E-state index contributed by atoms with van der Waals surface area (Å²) in [7, 11) is 0. The van der Waals surface area contributed by atoms with E-state index in [2.05, 4.69) is 37.3 Å². The minimum Gasteiger partial charge on any atom is -0.0652 e. The van der Waals surface area contributed by atoms with Crippen molar-refractivity contribution >= 4 is 6.08 Å². The van der Waals surface area contributed by atoms with Crippen LogP contribution in [0.15, 0.2) is 29.8 Å². The molecule has 6 atom stereocenters. The zero-order valence-corrected chi connectivity index (χ0v) is 15.9. The van der Waals surface area contributed by atoms with Crippen LogP contribution in [0.5, 0.6) is 0 Å². The van der Waals surface area contributed by atoms with Crippen LogP contribution in [0.2, 0.25) is 0 Å². The number of hydrogen-bond acceptors (Lipinski definition) is 0.